The van der Waals surface area contributed by atoms with E-state index in [-0.39, 0.29) is 0 Å². The lowest BCUT2D eigenvalue weighted by molar-refractivity contribution is 0.168. The Labute approximate surface area is 221 Å². The van der Waals surface area contributed by atoms with E-state index in [1.165, 1.54) is 72.3 Å². The smallest absolute Gasteiger partial charge is 0.0159 e. The summed E-state index contributed by atoms with van der Waals surface area (Å²) in [7, 11) is 0. The van der Waals surface area contributed by atoms with Gasteiger partial charge >= 0.3 is 0 Å². The molecule has 0 saturated heterocycles. The summed E-state index contributed by atoms with van der Waals surface area (Å²) in [6.45, 7) is 19.3. The van der Waals surface area contributed by atoms with E-state index < -0.39 is 0 Å². The molecule has 1 heteroatoms. The van der Waals surface area contributed by atoms with E-state index in [4.69, 9.17) is 0 Å². The van der Waals surface area contributed by atoms with Crippen LogP contribution in [0, 0.1) is 36.5 Å². The fraction of sp³-hybridized carbons (Fsp3) is 0.647. The summed E-state index contributed by atoms with van der Waals surface area (Å²) in [6, 6.07) is 14.1. The maximum absolute atomic E-state index is 2.43. The normalized spacial score (nSPS) is 26.1. The molecule has 0 bridgehead atoms. The molecule has 192 valence electrons. The van der Waals surface area contributed by atoms with E-state index in [0.717, 1.165) is 11.8 Å². The van der Waals surface area contributed by atoms with Crippen LogP contribution in [-0.2, 0) is 0 Å². The van der Waals surface area contributed by atoms with Crippen LogP contribution in [0.2, 0.25) is 0 Å². The van der Waals surface area contributed by atoms with Crippen LogP contribution < -0.4 is 0 Å². The molecule has 2 aliphatic rings. The van der Waals surface area contributed by atoms with Gasteiger partial charge in [-0.2, -0.15) is 0 Å². The Morgan fingerprint density at radius 3 is 1.20 bits per heavy atom. The van der Waals surface area contributed by atoms with Gasteiger partial charge in [-0.1, -0.05) is 77.6 Å². The standard InChI is InChI=1S/C34H50S/c1-23-11-9-13-29(31(23)25-15-19-27(20-16-25)33(3,4)5)35-30-14-10-12-24(2)32(30)26-17-21-28(22-18-26)34(6,7)8/h9-14,25-28H,15-22H2,1-8H3. The van der Waals surface area contributed by atoms with Crippen LogP contribution in [0.1, 0.15) is 127 Å². The molecule has 2 fully saturated rings. The number of rotatable bonds is 4. The van der Waals surface area contributed by atoms with Crippen LogP contribution in [0.5, 0.6) is 0 Å². The maximum Gasteiger partial charge on any atom is 0.0159 e. The molecule has 0 aliphatic heterocycles. The Morgan fingerprint density at radius 1 is 0.543 bits per heavy atom. The van der Waals surface area contributed by atoms with Gasteiger partial charge in [-0.3, -0.25) is 0 Å². The van der Waals surface area contributed by atoms with Crippen molar-refractivity contribution in [3.8, 4) is 0 Å². The highest BCUT2D eigenvalue weighted by atomic mass is 32.2. The minimum Gasteiger partial charge on any atom is -0.0895 e. The van der Waals surface area contributed by atoms with Crippen molar-refractivity contribution in [1.82, 2.24) is 0 Å². The van der Waals surface area contributed by atoms with E-state index in [0.29, 0.717) is 22.7 Å². The first-order chi connectivity index (χ1) is 16.4. The van der Waals surface area contributed by atoms with Crippen LogP contribution in [0.25, 0.3) is 0 Å². The molecule has 2 aliphatic carbocycles. The van der Waals surface area contributed by atoms with Crippen molar-refractivity contribution in [2.24, 2.45) is 22.7 Å². The molecular weight excluding hydrogens is 440 g/mol. The quantitative estimate of drug-likeness (QED) is 0.410. The first-order valence-electron chi connectivity index (χ1n) is 14.3. The lowest BCUT2D eigenvalue weighted by Crippen LogP contribution is -2.25. The molecule has 35 heavy (non-hydrogen) atoms. The Morgan fingerprint density at radius 2 is 0.886 bits per heavy atom. The molecule has 4 rings (SSSR count). The van der Waals surface area contributed by atoms with E-state index in [1.54, 1.807) is 11.1 Å². The van der Waals surface area contributed by atoms with Crippen molar-refractivity contribution >= 4 is 11.8 Å². The third kappa shape index (κ3) is 6.20. The predicted octanol–water partition coefficient (Wildman–Crippen LogP) is 11.1. The minimum absolute atomic E-state index is 0.441. The van der Waals surface area contributed by atoms with Gasteiger partial charge in [-0.15, -0.1) is 0 Å². The molecular formula is C34H50S. The summed E-state index contributed by atoms with van der Waals surface area (Å²) >= 11 is 2.07. The van der Waals surface area contributed by atoms with Gasteiger partial charge in [-0.25, -0.2) is 0 Å². The first kappa shape index (κ1) is 26.8. The van der Waals surface area contributed by atoms with Gasteiger partial charge < -0.3 is 0 Å². The van der Waals surface area contributed by atoms with Crippen molar-refractivity contribution in [2.75, 3.05) is 0 Å². The van der Waals surface area contributed by atoms with Crippen LogP contribution in [0.4, 0.5) is 0 Å². The van der Waals surface area contributed by atoms with Crippen molar-refractivity contribution in [3.63, 3.8) is 0 Å². The summed E-state index contributed by atoms with van der Waals surface area (Å²) in [5.41, 5.74) is 7.17. The van der Waals surface area contributed by atoms with Crippen LogP contribution in [-0.4, -0.2) is 0 Å². The lowest BCUT2D eigenvalue weighted by Gasteiger charge is -2.38. The molecule has 0 amide bonds. The second-order valence-electron chi connectivity index (χ2n) is 13.9. The molecule has 2 aromatic carbocycles. The average molecular weight is 491 g/mol. The second-order valence-corrected chi connectivity index (χ2v) is 15.0. The van der Waals surface area contributed by atoms with Gasteiger partial charge in [0.2, 0.25) is 0 Å². The minimum atomic E-state index is 0.441. The summed E-state index contributed by atoms with van der Waals surface area (Å²) in [4.78, 5) is 3.03. The molecule has 0 unspecified atom stereocenters. The number of hydrogen-bond donors (Lipinski definition) is 0. The number of benzene rings is 2. The monoisotopic (exact) mass is 490 g/mol. The second kappa shape index (κ2) is 10.6. The van der Waals surface area contributed by atoms with Gasteiger partial charge in [0.05, 0.1) is 0 Å². The van der Waals surface area contributed by atoms with Crippen LogP contribution in [0.3, 0.4) is 0 Å². The molecule has 0 heterocycles. The Balaban J connectivity index is 1.57. The molecule has 0 radical (unpaired) electrons. The van der Waals surface area contributed by atoms with E-state index in [9.17, 15) is 0 Å². The highest BCUT2D eigenvalue weighted by molar-refractivity contribution is 7.99. The molecule has 0 spiro atoms. The topological polar surface area (TPSA) is 0 Å². The summed E-state index contributed by atoms with van der Waals surface area (Å²) in [5.74, 6) is 3.16. The van der Waals surface area contributed by atoms with Gasteiger partial charge in [0, 0.05) is 9.79 Å². The fourth-order valence-electron chi connectivity index (χ4n) is 7.15. The molecule has 0 atom stereocenters. The SMILES string of the molecule is Cc1cccc(Sc2cccc(C)c2C2CCC(C(C)(C)C)CC2)c1C1CCC(C(C)(C)C)CC1. The third-order valence-corrected chi connectivity index (χ3v) is 10.7. The maximum atomic E-state index is 2.43. The Hall–Kier alpha value is -1.21. The van der Waals surface area contributed by atoms with Gasteiger partial charge in [0.15, 0.2) is 0 Å². The van der Waals surface area contributed by atoms with Gasteiger partial charge in [-0.05, 0) is 134 Å². The van der Waals surface area contributed by atoms with Gasteiger partial charge in [0.1, 0.15) is 0 Å². The molecule has 0 N–H and O–H groups in total. The van der Waals surface area contributed by atoms with Crippen molar-refractivity contribution < 1.29 is 0 Å². The lowest BCUT2D eigenvalue weighted by atomic mass is 9.68. The summed E-state index contributed by atoms with van der Waals surface area (Å²) in [6.07, 6.45) is 10.9. The van der Waals surface area contributed by atoms with Crippen molar-refractivity contribution in [3.05, 3.63) is 58.7 Å². The van der Waals surface area contributed by atoms with Crippen molar-refractivity contribution in [2.45, 2.75) is 128 Å². The number of aryl methyl sites for hydroxylation is 2. The van der Waals surface area contributed by atoms with Gasteiger partial charge in [0.25, 0.3) is 0 Å². The summed E-state index contributed by atoms with van der Waals surface area (Å²) in [5, 5.41) is 0. The highest BCUT2D eigenvalue weighted by Gasteiger charge is 2.33. The van der Waals surface area contributed by atoms with E-state index >= 15 is 0 Å². The zero-order chi connectivity index (χ0) is 25.4. The molecule has 0 aromatic heterocycles. The number of hydrogen-bond acceptors (Lipinski definition) is 1. The predicted molar refractivity (Wildman–Crippen MR) is 155 cm³/mol. The molecule has 2 saturated carbocycles. The largest absolute Gasteiger partial charge is 0.0895 e. The highest BCUT2D eigenvalue weighted by Crippen LogP contribution is 2.50. The summed E-state index contributed by atoms with van der Waals surface area (Å²) < 4.78 is 0. The first-order valence-corrected chi connectivity index (χ1v) is 15.1. The van der Waals surface area contributed by atoms with Crippen LogP contribution in [0.15, 0.2) is 46.2 Å². The average Bonchev–Trinajstić information content (AvgIpc) is 2.78. The third-order valence-electron chi connectivity index (χ3n) is 9.51. The van der Waals surface area contributed by atoms with E-state index in [1.807, 2.05) is 0 Å². The Bertz CT molecular complexity index is 905. The van der Waals surface area contributed by atoms with Crippen molar-refractivity contribution in [1.29, 1.82) is 0 Å². The zero-order valence-corrected chi connectivity index (χ0v) is 24.7. The van der Waals surface area contributed by atoms with E-state index in [2.05, 4.69) is 104 Å². The molecule has 0 nitrogen and oxygen atoms in total. The van der Waals surface area contributed by atoms with Crippen LogP contribution >= 0.6 is 11.8 Å². The zero-order valence-electron chi connectivity index (χ0n) is 23.8. The molecule has 2 aromatic rings. The Kier molecular flexibility index (Phi) is 8.16. The fourth-order valence-corrected chi connectivity index (χ4v) is 8.55.